The molecule has 1 N–H and O–H groups in total. The fraction of sp³-hybridized carbons (Fsp3) is 0.0714. The van der Waals surface area contributed by atoms with Crippen LogP contribution in [0.4, 0.5) is 0 Å². The normalized spacial score (nSPS) is 10.8. The van der Waals surface area contributed by atoms with Gasteiger partial charge in [-0.2, -0.15) is 0 Å². The first-order valence-corrected chi connectivity index (χ1v) is 7.12. The van der Waals surface area contributed by atoms with E-state index in [1.807, 2.05) is 42.5 Å². The van der Waals surface area contributed by atoms with Gasteiger partial charge in [-0.15, -0.1) is 0 Å². The predicted octanol–water partition coefficient (Wildman–Crippen LogP) is 4.60. The van der Waals surface area contributed by atoms with Crippen molar-refractivity contribution in [1.82, 2.24) is 0 Å². The van der Waals surface area contributed by atoms with Crippen LogP contribution in [-0.2, 0) is 6.61 Å². The molecule has 0 bridgehead atoms. The van der Waals surface area contributed by atoms with Crippen LogP contribution < -0.4 is 4.74 Å². The van der Waals surface area contributed by atoms with Crippen LogP contribution in [0.2, 0.25) is 0 Å². The van der Waals surface area contributed by atoms with Crippen LogP contribution in [0.5, 0.6) is 5.75 Å². The summed E-state index contributed by atoms with van der Waals surface area (Å²) in [6.07, 6.45) is 1.36. The minimum atomic E-state index is 0.492. The first-order chi connectivity index (χ1) is 9.19. The summed E-state index contributed by atoms with van der Waals surface area (Å²) in [5.74, 6) is 0.745. The summed E-state index contributed by atoms with van der Waals surface area (Å²) >= 11 is 6.85. The van der Waals surface area contributed by atoms with Crippen molar-refractivity contribution < 1.29 is 9.94 Å². The van der Waals surface area contributed by atoms with Gasteiger partial charge in [0.05, 0.1) is 10.7 Å². The van der Waals surface area contributed by atoms with Gasteiger partial charge in [-0.05, 0) is 57.4 Å². The number of nitrogens with zero attached hydrogens (tertiary/aromatic N) is 1. The van der Waals surface area contributed by atoms with Crippen molar-refractivity contribution in [3.8, 4) is 5.75 Å². The van der Waals surface area contributed by atoms with Crippen LogP contribution in [0.15, 0.2) is 56.6 Å². The average Bonchev–Trinajstić information content (AvgIpc) is 2.38. The topological polar surface area (TPSA) is 41.8 Å². The van der Waals surface area contributed by atoms with Crippen LogP contribution in [0.1, 0.15) is 11.1 Å². The molecule has 0 aromatic heterocycles. The van der Waals surface area contributed by atoms with Crippen molar-refractivity contribution in [2.45, 2.75) is 6.61 Å². The molecule has 3 nitrogen and oxygen atoms in total. The average molecular weight is 385 g/mol. The van der Waals surface area contributed by atoms with Crippen molar-refractivity contribution >= 4 is 38.1 Å². The molecule has 0 radical (unpaired) electrons. The molecule has 2 aromatic carbocycles. The van der Waals surface area contributed by atoms with Crippen LogP contribution in [0, 0.1) is 0 Å². The second-order valence-corrected chi connectivity index (χ2v) is 5.62. The molecule has 5 heteroatoms. The smallest absolute Gasteiger partial charge is 0.134 e. The maximum absolute atomic E-state index is 8.48. The van der Waals surface area contributed by atoms with Gasteiger partial charge in [0.2, 0.25) is 0 Å². The number of ether oxygens (including phenoxy) is 1. The summed E-state index contributed by atoms with van der Waals surface area (Å²) in [5.41, 5.74) is 1.88. The molecule has 0 saturated heterocycles. The van der Waals surface area contributed by atoms with Gasteiger partial charge in [0.1, 0.15) is 12.4 Å². The maximum Gasteiger partial charge on any atom is 0.134 e. The zero-order valence-electron chi connectivity index (χ0n) is 9.88. The molecule has 98 valence electrons. The number of halogens is 2. The second-order valence-electron chi connectivity index (χ2n) is 3.85. The van der Waals surface area contributed by atoms with E-state index in [2.05, 4.69) is 37.0 Å². The lowest BCUT2D eigenvalue weighted by Crippen LogP contribution is -1.96. The second kappa shape index (κ2) is 6.73. The Morgan fingerprint density at radius 2 is 2.00 bits per heavy atom. The lowest BCUT2D eigenvalue weighted by atomic mass is 10.2. The highest BCUT2D eigenvalue weighted by molar-refractivity contribution is 9.10. The Morgan fingerprint density at radius 1 is 1.16 bits per heavy atom. The summed E-state index contributed by atoms with van der Waals surface area (Å²) in [4.78, 5) is 0. The van der Waals surface area contributed by atoms with Crippen LogP contribution in [-0.4, -0.2) is 11.4 Å². The van der Waals surface area contributed by atoms with Gasteiger partial charge in [-0.25, -0.2) is 0 Å². The fourth-order valence-corrected chi connectivity index (χ4v) is 2.53. The summed E-state index contributed by atoms with van der Waals surface area (Å²) in [6.45, 7) is 0.492. The van der Waals surface area contributed by atoms with E-state index >= 15 is 0 Å². The van der Waals surface area contributed by atoms with E-state index in [4.69, 9.17) is 9.94 Å². The lowest BCUT2D eigenvalue weighted by molar-refractivity contribution is 0.304. The van der Waals surface area contributed by atoms with Gasteiger partial charge in [-0.1, -0.05) is 33.2 Å². The van der Waals surface area contributed by atoms with Gasteiger partial charge in [-0.3, -0.25) is 0 Å². The highest BCUT2D eigenvalue weighted by Gasteiger charge is 2.03. The molecular formula is C14H11Br2NO2. The molecule has 0 saturated carbocycles. The Kier molecular flexibility index (Phi) is 4.99. The predicted molar refractivity (Wildman–Crippen MR) is 82.0 cm³/mol. The van der Waals surface area contributed by atoms with Gasteiger partial charge in [0.25, 0.3) is 0 Å². The van der Waals surface area contributed by atoms with Crippen molar-refractivity contribution in [3.63, 3.8) is 0 Å². The summed E-state index contributed by atoms with van der Waals surface area (Å²) in [7, 11) is 0. The number of oxime groups is 1. The van der Waals surface area contributed by atoms with Gasteiger partial charge < -0.3 is 9.94 Å². The largest absolute Gasteiger partial charge is 0.488 e. The van der Waals surface area contributed by atoms with Crippen LogP contribution >= 0.6 is 31.9 Å². The van der Waals surface area contributed by atoms with Crippen molar-refractivity contribution in [3.05, 3.63) is 62.5 Å². The van der Waals surface area contributed by atoms with Crippen molar-refractivity contribution in [2.24, 2.45) is 5.16 Å². The SMILES string of the molecule is O/N=C\c1ccc(OCc2cccc(Br)c2)c(Br)c1. The molecular weight excluding hydrogens is 374 g/mol. The molecule has 2 aromatic rings. The molecule has 19 heavy (non-hydrogen) atoms. The van der Waals surface area contributed by atoms with Gasteiger partial charge >= 0.3 is 0 Å². The van der Waals surface area contributed by atoms with E-state index in [-0.39, 0.29) is 0 Å². The highest BCUT2D eigenvalue weighted by atomic mass is 79.9. The van der Waals surface area contributed by atoms with E-state index in [0.29, 0.717) is 6.61 Å². The van der Waals surface area contributed by atoms with Crippen LogP contribution in [0.3, 0.4) is 0 Å². The fourth-order valence-electron chi connectivity index (χ4n) is 1.57. The van der Waals surface area contributed by atoms with Gasteiger partial charge in [0, 0.05) is 4.47 Å². The Bertz CT molecular complexity index is 600. The molecule has 2 rings (SSSR count). The van der Waals surface area contributed by atoms with Crippen LogP contribution in [0.25, 0.3) is 0 Å². The minimum absolute atomic E-state index is 0.492. The standard InChI is InChI=1S/C14H11Br2NO2/c15-12-3-1-2-11(6-12)9-19-14-5-4-10(8-17-18)7-13(14)16/h1-8,18H,9H2/b17-8-. The number of benzene rings is 2. The monoisotopic (exact) mass is 383 g/mol. The summed E-state index contributed by atoms with van der Waals surface area (Å²) < 4.78 is 7.59. The Balaban J connectivity index is 2.07. The third kappa shape index (κ3) is 4.08. The molecule has 0 fully saturated rings. The first kappa shape index (κ1) is 14.1. The zero-order valence-corrected chi connectivity index (χ0v) is 13.1. The number of hydrogen-bond donors (Lipinski definition) is 1. The Labute approximate surface area is 128 Å². The van der Waals surface area contributed by atoms with Gasteiger partial charge in [0.15, 0.2) is 0 Å². The maximum atomic E-state index is 8.48. The lowest BCUT2D eigenvalue weighted by Gasteiger charge is -2.09. The van der Waals surface area contributed by atoms with E-state index in [1.54, 1.807) is 0 Å². The molecule has 0 atom stereocenters. The zero-order chi connectivity index (χ0) is 13.7. The third-order valence-electron chi connectivity index (χ3n) is 2.45. The summed E-state index contributed by atoms with van der Waals surface area (Å²) in [5, 5.41) is 11.5. The van der Waals surface area contributed by atoms with E-state index in [9.17, 15) is 0 Å². The minimum Gasteiger partial charge on any atom is -0.488 e. The van der Waals surface area contributed by atoms with E-state index in [1.165, 1.54) is 6.21 Å². The number of hydrogen-bond acceptors (Lipinski definition) is 3. The molecule has 0 unspecified atom stereocenters. The first-order valence-electron chi connectivity index (χ1n) is 5.53. The molecule has 0 heterocycles. The molecule has 0 amide bonds. The Hall–Kier alpha value is -1.33. The van der Waals surface area contributed by atoms with E-state index in [0.717, 1.165) is 25.8 Å². The Morgan fingerprint density at radius 3 is 2.68 bits per heavy atom. The molecule has 0 aliphatic carbocycles. The quantitative estimate of drug-likeness (QED) is 0.475. The molecule has 0 aliphatic rings. The third-order valence-corrected chi connectivity index (χ3v) is 3.56. The van der Waals surface area contributed by atoms with Crippen molar-refractivity contribution in [1.29, 1.82) is 0 Å². The molecule has 0 aliphatic heterocycles. The summed E-state index contributed by atoms with van der Waals surface area (Å²) in [6, 6.07) is 13.4. The molecule has 0 spiro atoms. The number of rotatable bonds is 4. The van der Waals surface area contributed by atoms with E-state index < -0.39 is 0 Å². The highest BCUT2D eigenvalue weighted by Crippen LogP contribution is 2.26. The van der Waals surface area contributed by atoms with Crippen molar-refractivity contribution in [2.75, 3.05) is 0 Å².